The van der Waals surface area contributed by atoms with Crippen molar-refractivity contribution in [3.63, 3.8) is 0 Å². The van der Waals surface area contributed by atoms with Gasteiger partial charge in [-0.15, -0.1) is 0 Å². The van der Waals surface area contributed by atoms with Crippen molar-refractivity contribution in [3.05, 3.63) is 42.1 Å². The van der Waals surface area contributed by atoms with E-state index < -0.39 is 0 Å². The summed E-state index contributed by atoms with van der Waals surface area (Å²) in [6.07, 6.45) is 4.72. The Labute approximate surface area is 108 Å². The second-order valence-corrected chi connectivity index (χ2v) is 5.77. The molecule has 0 N–H and O–H groups in total. The van der Waals surface area contributed by atoms with Crippen molar-refractivity contribution in [2.75, 3.05) is 13.6 Å². The Morgan fingerprint density at radius 2 is 2.06 bits per heavy atom. The van der Waals surface area contributed by atoms with Crippen LogP contribution in [0.2, 0.25) is 0 Å². The van der Waals surface area contributed by atoms with Gasteiger partial charge in [-0.05, 0) is 24.6 Å². The highest BCUT2D eigenvalue weighted by molar-refractivity contribution is 5.94. The number of aromatic nitrogens is 1. The van der Waals surface area contributed by atoms with Gasteiger partial charge in [0.25, 0.3) is 0 Å². The van der Waals surface area contributed by atoms with Crippen LogP contribution in [-0.4, -0.2) is 29.1 Å². The molecule has 0 radical (unpaired) electrons. The molecule has 0 saturated carbocycles. The van der Waals surface area contributed by atoms with E-state index in [1.54, 1.807) is 0 Å². The third-order valence-electron chi connectivity index (χ3n) is 4.40. The van der Waals surface area contributed by atoms with E-state index in [0.717, 1.165) is 6.54 Å². The van der Waals surface area contributed by atoms with Crippen LogP contribution in [0, 0.1) is 5.92 Å². The molecule has 2 aliphatic heterocycles. The molecule has 1 aromatic carbocycles. The van der Waals surface area contributed by atoms with E-state index in [4.69, 9.17) is 0 Å². The van der Waals surface area contributed by atoms with Gasteiger partial charge in [-0.3, -0.25) is 4.90 Å². The number of nitrogens with zero attached hydrogens (tertiary/aromatic N) is 2. The van der Waals surface area contributed by atoms with Gasteiger partial charge in [0.15, 0.2) is 0 Å². The van der Waals surface area contributed by atoms with Crippen LogP contribution < -0.4 is 0 Å². The maximum Gasteiger partial charge on any atom is 0.0557 e. The van der Waals surface area contributed by atoms with Crippen molar-refractivity contribution >= 4 is 16.5 Å². The molecule has 0 amide bonds. The zero-order valence-electron chi connectivity index (χ0n) is 10.9. The van der Waals surface area contributed by atoms with E-state index in [1.165, 1.54) is 28.6 Å². The van der Waals surface area contributed by atoms with Gasteiger partial charge in [0.2, 0.25) is 0 Å². The van der Waals surface area contributed by atoms with Gasteiger partial charge in [0.1, 0.15) is 0 Å². The van der Waals surface area contributed by atoms with Crippen LogP contribution in [0.25, 0.3) is 16.5 Å². The summed E-state index contributed by atoms with van der Waals surface area (Å²) in [6, 6.07) is 9.46. The Balaban J connectivity index is 2.02. The molecule has 2 nitrogen and oxygen atoms in total. The molecule has 0 spiro atoms. The summed E-state index contributed by atoms with van der Waals surface area (Å²) in [5, 5.41) is 1.37. The smallest absolute Gasteiger partial charge is 0.0557 e. The summed E-state index contributed by atoms with van der Waals surface area (Å²) >= 11 is 0. The summed E-state index contributed by atoms with van der Waals surface area (Å²) in [5.41, 5.74) is 4.39. The van der Waals surface area contributed by atoms with Crippen molar-refractivity contribution < 1.29 is 0 Å². The normalized spacial score (nSPS) is 27.1. The van der Waals surface area contributed by atoms with Crippen LogP contribution >= 0.6 is 0 Å². The van der Waals surface area contributed by atoms with Crippen molar-refractivity contribution in [2.24, 2.45) is 5.92 Å². The van der Waals surface area contributed by atoms with Crippen LogP contribution in [0.4, 0.5) is 0 Å². The van der Waals surface area contributed by atoms with E-state index in [-0.39, 0.29) is 0 Å². The fourth-order valence-corrected chi connectivity index (χ4v) is 3.63. The predicted molar refractivity (Wildman–Crippen MR) is 75.5 cm³/mol. The third kappa shape index (κ3) is 1.27. The SMILES string of the molecule is C[C@@H]1C=C2c3cccc4ccn(c34)C[C@@H]2N(C)C1. The largest absolute Gasteiger partial charge is 0.345 e. The number of rotatable bonds is 0. The lowest BCUT2D eigenvalue weighted by Gasteiger charge is -2.39. The summed E-state index contributed by atoms with van der Waals surface area (Å²) < 4.78 is 2.42. The fourth-order valence-electron chi connectivity index (χ4n) is 3.63. The predicted octanol–water partition coefficient (Wildman–Crippen LogP) is 2.99. The van der Waals surface area contributed by atoms with E-state index in [1.807, 2.05) is 0 Å². The third-order valence-corrected chi connectivity index (χ3v) is 4.40. The minimum atomic E-state index is 0.548. The first-order chi connectivity index (χ1) is 8.74. The summed E-state index contributed by atoms with van der Waals surface area (Å²) in [6.45, 7) is 4.57. The van der Waals surface area contributed by atoms with Crippen molar-refractivity contribution in [3.8, 4) is 0 Å². The van der Waals surface area contributed by atoms with Gasteiger partial charge in [0, 0.05) is 30.2 Å². The van der Waals surface area contributed by atoms with Gasteiger partial charge in [-0.1, -0.05) is 31.2 Å². The maximum atomic E-state index is 2.50. The fraction of sp³-hybridized carbons (Fsp3) is 0.375. The molecular weight excluding hydrogens is 220 g/mol. The molecule has 18 heavy (non-hydrogen) atoms. The number of fused-ring (bicyclic) bond motifs is 2. The molecule has 0 saturated heterocycles. The van der Waals surface area contributed by atoms with Gasteiger partial charge >= 0.3 is 0 Å². The Bertz CT molecular complexity index is 650. The topological polar surface area (TPSA) is 8.17 Å². The molecule has 2 heteroatoms. The van der Waals surface area contributed by atoms with Crippen molar-refractivity contribution in [1.82, 2.24) is 9.47 Å². The summed E-state index contributed by atoms with van der Waals surface area (Å²) in [5.74, 6) is 0.651. The first kappa shape index (κ1) is 10.4. The van der Waals surface area contributed by atoms with Crippen LogP contribution in [-0.2, 0) is 6.54 Å². The molecular formula is C16H18N2. The first-order valence-corrected chi connectivity index (χ1v) is 6.74. The Kier molecular flexibility index (Phi) is 2.01. The molecule has 1 aromatic heterocycles. The lowest BCUT2D eigenvalue weighted by molar-refractivity contribution is 0.234. The second kappa shape index (κ2) is 3.48. The number of hydrogen-bond acceptors (Lipinski definition) is 1. The standard InChI is InChI=1S/C16H18N2/c1-11-8-14-13-5-3-4-12-6-7-18(16(12)13)10-15(14)17(2)9-11/h3-8,11,15H,9-10H2,1-2H3/t11-,15+/m1/s1. The number of likely N-dealkylation sites (N-methyl/N-ethyl adjacent to an activating group) is 1. The zero-order valence-corrected chi connectivity index (χ0v) is 10.9. The second-order valence-electron chi connectivity index (χ2n) is 5.77. The van der Waals surface area contributed by atoms with E-state index in [9.17, 15) is 0 Å². The minimum absolute atomic E-state index is 0.548. The molecule has 0 aliphatic carbocycles. The number of benzene rings is 1. The molecule has 4 rings (SSSR count). The summed E-state index contributed by atoms with van der Waals surface area (Å²) in [7, 11) is 2.25. The highest BCUT2D eigenvalue weighted by Crippen LogP contribution is 2.38. The lowest BCUT2D eigenvalue weighted by atomic mass is 9.86. The zero-order chi connectivity index (χ0) is 12.3. The van der Waals surface area contributed by atoms with Crippen molar-refractivity contribution in [1.29, 1.82) is 0 Å². The molecule has 2 aromatic rings. The lowest BCUT2D eigenvalue weighted by Crippen LogP contribution is -2.43. The van der Waals surface area contributed by atoms with E-state index in [0.29, 0.717) is 12.0 Å². The van der Waals surface area contributed by atoms with E-state index >= 15 is 0 Å². The highest BCUT2D eigenvalue weighted by Gasteiger charge is 2.31. The summed E-state index contributed by atoms with van der Waals surface area (Å²) in [4.78, 5) is 2.50. The highest BCUT2D eigenvalue weighted by atomic mass is 15.2. The van der Waals surface area contributed by atoms with Gasteiger partial charge < -0.3 is 4.57 Å². The Hall–Kier alpha value is -1.54. The van der Waals surface area contributed by atoms with Gasteiger partial charge in [0.05, 0.1) is 11.6 Å². The van der Waals surface area contributed by atoms with Crippen molar-refractivity contribution in [2.45, 2.75) is 19.5 Å². The van der Waals surface area contributed by atoms with Crippen LogP contribution in [0.5, 0.6) is 0 Å². The molecule has 92 valence electrons. The first-order valence-electron chi connectivity index (χ1n) is 6.74. The van der Waals surface area contributed by atoms with Gasteiger partial charge in [-0.25, -0.2) is 0 Å². The quantitative estimate of drug-likeness (QED) is 0.685. The molecule has 0 unspecified atom stereocenters. The molecule has 2 aliphatic rings. The average molecular weight is 238 g/mol. The minimum Gasteiger partial charge on any atom is -0.345 e. The van der Waals surface area contributed by atoms with Gasteiger partial charge in [-0.2, -0.15) is 0 Å². The number of para-hydroxylation sites is 1. The molecule has 2 atom stereocenters. The Morgan fingerprint density at radius 3 is 2.94 bits per heavy atom. The monoisotopic (exact) mass is 238 g/mol. The average Bonchev–Trinajstić information content (AvgIpc) is 2.76. The van der Waals surface area contributed by atoms with Crippen LogP contribution in [0.3, 0.4) is 0 Å². The number of hydrogen-bond donors (Lipinski definition) is 0. The Morgan fingerprint density at radius 1 is 1.17 bits per heavy atom. The van der Waals surface area contributed by atoms with E-state index in [2.05, 4.69) is 60.0 Å². The molecule has 0 fully saturated rings. The molecule has 3 heterocycles. The van der Waals surface area contributed by atoms with Crippen LogP contribution in [0.1, 0.15) is 12.5 Å². The molecule has 0 bridgehead atoms. The maximum absolute atomic E-state index is 2.50. The van der Waals surface area contributed by atoms with Crippen LogP contribution in [0.15, 0.2) is 36.5 Å².